The van der Waals surface area contributed by atoms with Gasteiger partial charge in [-0.2, -0.15) is 0 Å². The fraction of sp³-hybridized carbons (Fsp3) is 0.333. The fourth-order valence-electron chi connectivity index (χ4n) is 1.41. The van der Waals surface area contributed by atoms with Gasteiger partial charge in [-0.05, 0) is 25.1 Å². The highest BCUT2D eigenvalue weighted by Crippen LogP contribution is 2.17. The van der Waals surface area contributed by atoms with Crippen LogP contribution in [-0.2, 0) is 16.1 Å². The van der Waals surface area contributed by atoms with Crippen molar-refractivity contribution in [3.8, 4) is 0 Å². The zero-order chi connectivity index (χ0) is 12.8. The van der Waals surface area contributed by atoms with Crippen LogP contribution in [0.4, 0.5) is 10.1 Å². The quantitative estimate of drug-likeness (QED) is 0.789. The minimum atomic E-state index is -0.399. The standard InChI is InChI=1S/C12H15FN2O2/c1-3-15(8-16)11-4-5-12(13)10(6-11)7-14-9(2)17/h4-6,8H,3,7H2,1-2H3,(H,14,17). The predicted molar refractivity (Wildman–Crippen MR) is 63.0 cm³/mol. The van der Waals surface area contributed by atoms with Gasteiger partial charge in [0.2, 0.25) is 12.3 Å². The van der Waals surface area contributed by atoms with Crippen LogP contribution in [0.1, 0.15) is 19.4 Å². The number of hydrogen-bond acceptors (Lipinski definition) is 2. The number of nitrogens with zero attached hydrogens (tertiary/aromatic N) is 1. The minimum absolute atomic E-state index is 0.116. The predicted octanol–water partition coefficient (Wildman–Crippen LogP) is 1.44. The third kappa shape index (κ3) is 3.55. The first-order chi connectivity index (χ1) is 8.08. The highest BCUT2D eigenvalue weighted by Gasteiger charge is 2.08. The summed E-state index contributed by atoms with van der Waals surface area (Å²) in [4.78, 5) is 23.0. The van der Waals surface area contributed by atoms with Gasteiger partial charge in [0.25, 0.3) is 0 Å². The summed E-state index contributed by atoms with van der Waals surface area (Å²) in [6.45, 7) is 3.82. The number of benzene rings is 1. The highest BCUT2D eigenvalue weighted by atomic mass is 19.1. The number of halogens is 1. The summed E-state index contributed by atoms with van der Waals surface area (Å²) in [5.74, 6) is -0.623. The topological polar surface area (TPSA) is 49.4 Å². The van der Waals surface area contributed by atoms with Crippen molar-refractivity contribution in [3.63, 3.8) is 0 Å². The molecule has 0 saturated heterocycles. The molecular formula is C12H15FN2O2. The molecule has 0 atom stereocenters. The van der Waals surface area contributed by atoms with E-state index in [0.29, 0.717) is 24.2 Å². The molecule has 0 bridgehead atoms. The second kappa shape index (κ2) is 5.98. The summed E-state index contributed by atoms with van der Waals surface area (Å²) in [5, 5.41) is 2.52. The Labute approximate surface area is 99.4 Å². The zero-order valence-electron chi connectivity index (χ0n) is 9.87. The molecule has 5 heteroatoms. The Morgan fingerprint density at radius 1 is 1.53 bits per heavy atom. The van der Waals surface area contributed by atoms with E-state index in [1.54, 1.807) is 6.07 Å². The van der Waals surface area contributed by atoms with Gasteiger partial charge in [0, 0.05) is 31.3 Å². The number of carbonyl (C=O) groups excluding carboxylic acids is 2. The molecule has 0 aromatic heterocycles. The minimum Gasteiger partial charge on any atom is -0.352 e. The first-order valence-electron chi connectivity index (χ1n) is 5.33. The van der Waals surface area contributed by atoms with Crippen molar-refractivity contribution in [3.05, 3.63) is 29.6 Å². The van der Waals surface area contributed by atoms with E-state index in [9.17, 15) is 14.0 Å². The SMILES string of the molecule is CCN(C=O)c1ccc(F)c(CNC(C)=O)c1. The van der Waals surface area contributed by atoms with Crippen molar-refractivity contribution in [2.24, 2.45) is 0 Å². The van der Waals surface area contributed by atoms with Crippen LogP contribution in [0.15, 0.2) is 18.2 Å². The Morgan fingerprint density at radius 2 is 2.24 bits per heavy atom. The van der Waals surface area contributed by atoms with Crippen molar-refractivity contribution in [2.45, 2.75) is 20.4 Å². The Hall–Kier alpha value is -1.91. The largest absolute Gasteiger partial charge is 0.352 e. The molecule has 2 amide bonds. The molecule has 4 nitrogen and oxygen atoms in total. The van der Waals surface area contributed by atoms with Crippen LogP contribution in [0.3, 0.4) is 0 Å². The summed E-state index contributed by atoms with van der Waals surface area (Å²) in [6, 6.07) is 4.38. The first kappa shape index (κ1) is 13.2. The van der Waals surface area contributed by atoms with E-state index in [4.69, 9.17) is 0 Å². The second-order valence-corrected chi connectivity index (χ2v) is 3.58. The molecule has 1 rings (SSSR count). The first-order valence-corrected chi connectivity index (χ1v) is 5.33. The Bertz CT molecular complexity index is 421. The van der Waals surface area contributed by atoms with E-state index < -0.39 is 5.82 Å². The van der Waals surface area contributed by atoms with E-state index in [1.807, 2.05) is 6.92 Å². The van der Waals surface area contributed by atoms with Crippen LogP contribution >= 0.6 is 0 Å². The lowest BCUT2D eigenvalue weighted by atomic mass is 10.1. The van der Waals surface area contributed by atoms with Gasteiger partial charge < -0.3 is 10.2 Å². The molecule has 0 aliphatic heterocycles. The summed E-state index contributed by atoms with van der Waals surface area (Å²) in [5.41, 5.74) is 0.974. The van der Waals surface area contributed by atoms with E-state index in [-0.39, 0.29) is 12.5 Å². The van der Waals surface area contributed by atoms with E-state index in [1.165, 1.54) is 24.0 Å². The molecule has 0 heterocycles. The Morgan fingerprint density at radius 3 is 2.76 bits per heavy atom. The lowest BCUT2D eigenvalue weighted by molar-refractivity contribution is -0.119. The Kier molecular flexibility index (Phi) is 4.63. The van der Waals surface area contributed by atoms with Crippen LogP contribution in [0, 0.1) is 5.82 Å². The van der Waals surface area contributed by atoms with Crippen molar-refractivity contribution >= 4 is 18.0 Å². The number of hydrogen-bond donors (Lipinski definition) is 1. The maximum atomic E-state index is 13.4. The van der Waals surface area contributed by atoms with Gasteiger partial charge in [-0.15, -0.1) is 0 Å². The molecule has 0 radical (unpaired) electrons. The van der Waals surface area contributed by atoms with Crippen LogP contribution in [0.25, 0.3) is 0 Å². The maximum absolute atomic E-state index is 13.4. The molecule has 1 aromatic rings. The molecule has 1 N–H and O–H groups in total. The van der Waals surface area contributed by atoms with Crippen LogP contribution in [0.5, 0.6) is 0 Å². The lowest BCUT2D eigenvalue weighted by Gasteiger charge is -2.16. The number of nitrogens with one attached hydrogen (secondary N) is 1. The van der Waals surface area contributed by atoms with Crippen LogP contribution < -0.4 is 10.2 Å². The molecule has 0 saturated carbocycles. The molecule has 92 valence electrons. The number of carbonyl (C=O) groups is 2. The number of anilines is 1. The average molecular weight is 238 g/mol. The second-order valence-electron chi connectivity index (χ2n) is 3.58. The van der Waals surface area contributed by atoms with Gasteiger partial charge in [-0.25, -0.2) is 4.39 Å². The van der Waals surface area contributed by atoms with E-state index >= 15 is 0 Å². The summed E-state index contributed by atoms with van der Waals surface area (Å²) in [6.07, 6.45) is 0.690. The summed E-state index contributed by atoms with van der Waals surface area (Å²) < 4.78 is 13.4. The smallest absolute Gasteiger partial charge is 0.217 e. The van der Waals surface area contributed by atoms with Gasteiger partial charge in [0.15, 0.2) is 0 Å². The lowest BCUT2D eigenvalue weighted by Crippen LogP contribution is -2.22. The molecule has 0 fully saturated rings. The zero-order valence-corrected chi connectivity index (χ0v) is 9.87. The average Bonchev–Trinajstić information content (AvgIpc) is 2.30. The molecule has 1 aromatic carbocycles. The monoisotopic (exact) mass is 238 g/mol. The van der Waals surface area contributed by atoms with Gasteiger partial charge in [-0.3, -0.25) is 9.59 Å². The summed E-state index contributed by atoms with van der Waals surface area (Å²) in [7, 11) is 0. The Balaban J connectivity index is 2.93. The van der Waals surface area contributed by atoms with Crippen LogP contribution in [-0.4, -0.2) is 18.9 Å². The van der Waals surface area contributed by atoms with E-state index in [0.717, 1.165) is 0 Å². The highest BCUT2D eigenvalue weighted by molar-refractivity contribution is 5.75. The van der Waals surface area contributed by atoms with E-state index in [2.05, 4.69) is 5.32 Å². The third-order valence-corrected chi connectivity index (χ3v) is 2.36. The third-order valence-electron chi connectivity index (χ3n) is 2.36. The summed E-state index contributed by atoms with van der Waals surface area (Å²) >= 11 is 0. The van der Waals surface area contributed by atoms with Crippen molar-refractivity contribution < 1.29 is 14.0 Å². The molecule has 0 unspecified atom stereocenters. The molecule has 0 aliphatic carbocycles. The fourth-order valence-corrected chi connectivity index (χ4v) is 1.41. The van der Waals surface area contributed by atoms with Crippen molar-refractivity contribution in [1.29, 1.82) is 0 Å². The number of amides is 2. The molecule has 0 spiro atoms. The van der Waals surface area contributed by atoms with Gasteiger partial charge in [0.05, 0.1) is 0 Å². The maximum Gasteiger partial charge on any atom is 0.217 e. The molecular weight excluding hydrogens is 223 g/mol. The van der Waals surface area contributed by atoms with Gasteiger partial charge in [-0.1, -0.05) is 0 Å². The van der Waals surface area contributed by atoms with Crippen molar-refractivity contribution in [2.75, 3.05) is 11.4 Å². The molecule has 0 aliphatic rings. The van der Waals surface area contributed by atoms with Gasteiger partial charge in [0.1, 0.15) is 5.82 Å². The van der Waals surface area contributed by atoms with Crippen LogP contribution in [0.2, 0.25) is 0 Å². The normalized spacial score (nSPS) is 9.82. The van der Waals surface area contributed by atoms with Crippen molar-refractivity contribution in [1.82, 2.24) is 5.32 Å². The van der Waals surface area contributed by atoms with Gasteiger partial charge >= 0.3 is 0 Å². The molecule has 17 heavy (non-hydrogen) atoms. The number of rotatable bonds is 5.